The number of piperidine rings is 1. The SMILES string of the molecule is CN=C(NCCc1cccc(C(=O)NC)c1)NCC(C)N1CCCC(C)C1. The van der Waals surface area contributed by atoms with Crippen LogP contribution in [0.3, 0.4) is 0 Å². The van der Waals surface area contributed by atoms with Gasteiger partial charge in [0.05, 0.1) is 0 Å². The molecule has 0 saturated carbocycles. The summed E-state index contributed by atoms with van der Waals surface area (Å²) in [4.78, 5) is 18.6. The van der Waals surface area contributed by atoms with Gasteiger partial charge < -0.3 is 16.0 Å². The van der Waals surface area contributed by atoms with Crippen LogP contribution in [0.2, 0.25) is 0 Å². The molecule has 0 spiro atoms. The summed E-state index contributed by atoms with van der Waals surface area (Å²) < 4.78 is 0. The predicted octanol–water partition coefficient (Wildman–Crippen LogP) is 1.87. The van der Waals surface area contributed by atoms with Gasteiger partial charge in [0.25, 0.3) is 5.91 Å². The number of rotatable bonds is 7. The number of carbonyl (C=O) groups is 1. The highest BCUT2D eigenvalue weighted by Gasteiger charge is 2.20. The van der Waals surface area contributed by atoms with Gasteiger partial charge in [-0.3, -0.25) is 14.7 Å². The molecular formula is C21H35N5O. The average Bonchev–Trinajstić information content (AvgIpc) is 2.69. The lowest BCUT2D eigenvalue weighted by molar-refractivity contribution is 0.0963. The van der Waals surface area contributed by atoms with E-state index in [2.05, 4.69) is 39.7 Å². The molecular weight excluding hydrogens is 338 g/mol. The van der Waals surface area contributed by atoms with E-state index in [1.54, 1.807) is 14.1 Å². The van der Waals surface area contributed by atoms with Gasteiger partial charge >= 0.3 is 0 Å². The Balaban J connectivity index is 1.75. The van der Waals surface area contributed by atoms with Gasteiger partial charge in [0.1, 0.15) is 0 Å². The zero-order chi connectivity index (χ0) is 19.6. The maximum absolute atomic E-state index is 11.7. The summed E-state index contributed by atoms with van der Waals surface area (Å²) in [6.45, 7) is 8.66. The molecule has 1 saturated heterocycles. The lowest BCUT2D eigenvalue weighted by Gasteiger charge is -2.35. The Morgan fingerprint density at radius 3 is 2.89 bits per heavy atom. The third-order valence-corrected chi connectivity index (χ3v) is 5.22. The fraction of sp³-hybridized carbons (Fsp3) is 0.619. The van der Waals surface area contributed by atoms with E-state index in [1.807, 2.05) is 24.3 Å². The number of nitrogens with zero attached hydrogens (tertiary/aromatic N) is 2. The molecule has 0 bridgehead atoms. The summed E-state index contributed by atoms with van der Waals surface area (Å²) >= 11 is 0. The van der Waals surface area contributed by atoms with E-state index in [9.17, 15) is 4.79 Å². The maximum Gasteiger partial charge on any atom is 0.251 e. The first kappa shape index (κ1) is 21.2. The predicted molar refractivity (Wildman–Crippen MR) is 112 cm³/mol. The molecule has 150 valence electrons. The molecule has 2 atom stereocenters. The fourth-order valence-corrected chi connectivity index (χ4v) is 3.56. The molecule has 1 heterocycles. The Kier molecular flexibility index (Phi) is 8.58. The second-order valence-electron chi connectivity index (χ2n) is 7.50. The van der Waals surface area contributed by atoms with Crippen molar-refractivity contribution >= 4 is 11.9 Å². The zero-order valence-electron chi connectivity index (χ0n) is 17.2. The van der Waals surface area contributed by atoms with Crippen molar-refractivity contribution in [1.29, 1.82) is 0 Å². The minimum Gasteiger partial charge on any atom is -0.356 e. The van der Waals surface area contributed by atoms with Crippen LogP contribution in [-0.4, -0.2) is 63.1 Å². The molecule has 6 heteroatoms. The lowest BCUT2D eigenvalue weighted by atomic mass is 9.99. The van der Waals surface area contributed by atoms with Gasteiger partial charge in [-0.15, -0.1) is 0 Å². The number of aliphatic imine (C=N–C) groups is 1. The first-order valence-corrected chi connectivity index (χ1v) is 10.0. The maximum atomic E-state index is 11.7. The third kappa shape index (κ3) is 6.86. The normalized spacial score (nSPS) is 19.4. The summed E-state index contributed by atoms with van der Waals surface area (Å²) in [6.07, 6.45) is 3.49. The summed E-state index contributed by atoms with van der Waals surface area (Å²) in [5.41, 5.74) is 1.83. The second-order valence-corrected chi connectivity index (χ2v) is 7.50. The first-order chi connectivity index (χ1) is 13.0. The van der Waals surface area contributed by atoms with E-state index in [-0.39, 0.29) is 5.91 Å². The van der Waals surface area contributed by atoms with Crippen molar-refractivity contribution in [2.45, 2.75) is 39.2 Å². The van der Waals surface area contributed by atoms with E-state index < -0.39 is 0 Å². The molecule has 1 fully saturated rings. The van der Waals surface area contributed by atoms with Crippen molar-refractivity contribution in [2.24, 2.45) is 10.9 Å². The number of hydrogen-bond donors (Lipinski definition) is 3. The lowest BCUT2D eigenvalue weighted by Crippen LogP contribution is -2.48. The Bertz CT molecular complexity index is 631. The van der Waals surface area contributed by atoms with Gasteiger partial charge in [-0.25, -0.2) is 0 Å². The number of nitrogens with one attached hydrogen (secondary N) is 3. The average molecular weight is 374 g/mol. The van der Waals surface area contributed by atoms with Crippen LogP contribution in [0.15, 0.2) is 29.3 Å². The Morgan fingerprint density at radius 1 is 1.37 bits per heavy atom. The number of carbonyl (C=O) groups excluding carboxylic acids is 1. The summed E-state index contributed by atoms with van der Waals surface area (Å²) in [5, 5.41) is 9.47. The highest BCUT2D eigenvalue weighted by atomic mass is 16.1. The van der Waals surface area contributed by atoms with Gasteiger partial charge in [0, 0.05) is 45.3 Å². The van der Waals surface area contributed by atoms with Crippen LogP contribution in [0.4, 0.5) is 0 Å². The topological polar surface area (TPSA) is 68.8 Å². The van der Waals surface area contributed by atoms with Crippen molar-refractivity contribution in [3.05, 3.63) is 35.4 Å². The standard InChI is InChI=1S/C21H35N5O/c1-16-7-6-12-26(15-16)17(2)14-25-21(23-4)24-11-10-18-8-5-9-19(13-18)20(27)22-3/h5,8-9,13,16-17H,6-7,10-12,14-15H2,1-4H3,(H,22,27)(H2,23,24,25). The molecule has 6 nitrogen and oxygen atoms in total. The second kappa shape index (κ2) is 10.9. The van der Waals surface area contributed by atoms with Crippen LogP contribution >= 0.6 is 0 Å². The number of hydrogen-bond acceptors (Lipinski definition) is 3. The molecule has 1 aliphatic rings. The largest absolute Gasteiger partial charge is 0.356 e. The molecule has 3 N–H and O–H groups in total. The van der Waals surface area contributed by atoms with Crippen LogP contribution in [0.25, 0.3) is 0 Å². The number of guanidine groups is 1. The monoisotopic (exact) mass is 373 g/mol. The smallest absolute Gasteiger partial charge is 0.251 e. The molecule has 2 rings (SSSR count). The molecule has 1 aromatic carbocycles. The Labute approximate surface area is 163 Å². The van der Waals surface area contributed by atoms with Crippen LogP contribution in [0.1, 0.15) is 42.6 Å². The first-order valence-electron chi connectivity index (χ1n) is 10.0. The van der Waals surface area contributed by atoms with Gasteiger partial charge in [0.15, 0.2) is 5.96 Å². The molecule has 0 aliphatic carbocycles. The number of benzene rings is 1. The van der Waals surface area contributed by atoms with Crippen molar-refractivity contribution in [1.82, 2.24) is 20.9 Å². The summed E-state index contributed by atoms with van der Waals surface area (Å²) in [6, 6.07) is 8.24. The number of amides is 1. The number of likely N-dealkylation sites (tertiary alicyclic amines) is 1. The molecule has 0 aromatic heterocycles. The van der Waals surface area contributed by atoms with E-state index in [0.29, 0.717) is 11.6 Å². The van der Waals surface area contributed by atoms with Gasteiger partial charge in [-0.05, 0) is 56.3 Å². The zero-order valence-corrected chi connectivity index (χ0v) is 17.2. The highest BCUT2D eigenvalue weighted by molar-refractivity contribution is 5.94. The van der Waals surface area contributed by atoms with Gasteiger partial charge in [-0.2, -0.15) is 0 Å². The van der Waals surface area contributed by atoms with Crippen LogP contribution < -0.4 is 16.0 Å². The van der Waals surface area contributed by atoms with Crippen LogP contribution in [0.5, 0.6) is 0 Å². The summed E-state index contributed by atoms with van der Waals surface area (Å²) in [7, 11) is 3.45. The minimum atomic E-state index is -0.0525. The molecule has 1 aromatic rings. The van der Waals surface area contributed by atoms with E-state index >= 15 is 0 Å². The van der Waals surface area contributed by atoms with E-state index in [1.165, 1.54) is 25.9 Å². The quantitative estimate of drug-likeness (QED) is 0.504. The third-order valence-electron chi connectivity index (χ3n) is 5.22. The minimum absolute atomic E-state index is 0.0525. The molecule has 0 radical (unpaired) electrons. The van der Waals surface area contributed by atoms with Crippen molar-refractivity contribution in [3.63, 3.8) is 0 Å². The molecule has 1 amide bonds. The van der Waals surface area contributed by atoms with E-state index in [0.717, 1.165) is 37.0 Å². The van der Waals surface area contributed by atoms with Gasteiger partial charge in [-0.1, -0.05) is 19.1 Å². The Hall–Kier alpha value is -2.08. The molecule has 1 aliphatic heterocycles. The highest BCUT2D eigenvalue weighted by Crippen LogP contribution is 2.17. The van der Waals surface area contributed by atoms with Crippen molar-refractivity contribution in [2.75, 3.05) is 40.3 Å². The molecule has 2 unspecified atom stereocenters. The fourth-order valence-electron chi connectivity index (χ4n) is 3.56. The van der Waals surface area contributed by atoms with Crippen LogP contribution in [0, 0.1) is 5.92 Å². The summed E-state index contributed by atoms with van der Waals surface area (Å²) in [5.74, 6) is 1.57. The van der Waals surface area contributed by atoms with E-state index in [4.69, 9.17) is 0 Å². The van der Waals surface area contributed by atoms with Crippen molar-refractivity contribution < 1.29 is 4.79 Å². The van der Waals surface area contributed by atoms with Crippen LogP contribution in [-0.2, 0) is 6.42 Å². The molecule has 27 heavy (non-hydrogen) atoms. The Morgan fingerprint density at radius 2 is 2.19 bits per heavy atom. The van der Waals surface area contributed by atoms with Gasteiger partial charge in [0.2, 0.25) is 0 Å². The van der Waals surface area contributed by atoms with Crippen molar-refractivity contribution in [3.8, 4) is 0 Å².